The molecular weight excluding hydrogens is 270 g/mol. The van der Waals surface area contributed by atoms with Crippen LogP contribution in [0.1, 0.15) is 78.1 Å². The molecule has 0 heterocycles. The van der Waals surface area contributed by atoms with E-state index in [-0.39, 0.29) is 6.04 Å². The van der Waals surface area contributed by atoms with Crippen molar-refractivity contribution >= 4 is 0 Å². The van der Waals surface area contributed by atoms with Crippen molar-refractivity contribution in [3.63, 3.8) is 0 Å². The van der Waals surface area contributed by atoms with Crippen molar-refractivity contribution in [2.45, 2.75) is 84.1 Å². The quantitative estimate of drug-likeness (QED) is 0.319. The SMILES string of the molecule is C[C@]12CCCCC1CC[C@@H]1[C@H]2CC[C@]2(C)C(N=[N+]=[N-])CC[C@@H]12. The number of nitrogens with zero attached hydrogens (tertiary/aromatic N) is 3. The molecule has 4 aliphatic carbocycles. The van der Waals surface area contributed by atoms with Gasteiger partial charge < -0.3 is 0 Å². The Kier molecular flexibility index (Phi) is 3.49. The Bertz CT molecular complexity index is 497. The fraction of sp³-hybridized carbons (Fsp3) is 1.00. The minimum Gasteiger partial charge on any atom is -0.0900 e. The number of azide groups is 1. The highest BCUT2D eigenvalue weighted by Gasteiger charge is 2.59. The summed E-state index contributed by atoms with van der Waals surface area (Å²) in [6.07, 6.45) is 13.9. The second kappa shape index (κ2) is 5.16. The predicted molar refractivity (Wildman–Crippen MR) is 89.3 cm³/mol. The van der Waals surface area contributed by atoms with Crippen molar-refractivity contribution < 1.29 is 0 Å². The average molecular weight is 301 g/mol. The summed E-state index contributed by atoms with van der Waals surface area (Å²) in [4.78, 5) is 3.16. The molecule has 0 aromatic carbocycles. The third-order valence-electron chi connectivity index (χ3n) is 8.72. The molecule has 0 amide bonds. The zero-order valence-corrected chi connectivity index (χ0v) is 14.3. The first kappa shape index (κ1) is 14.9. The molecule has 4 fully saturated rings. The van der Waals surface area contributed by atoms with Crippen LogP contribution in [0, 0.1) is 34.5 Å². The number of rotatable bonds is 1. The minimum atomic E-state index is 0.264. The van der Waals surface area contributed by atoms with E-state index < -0.39 is 0 Å². The first-order chi connectivity index (χ1) is 10.6. The molecule has 3 heteroatoms. The monoisotopic (exact) mass is 301 g/mol. The van der Waals surface area contributed by atoms with Crippen LogP contribution in [0.15, 0.2) is 5.11 Å². The summed E-state index contributed by atoms with van der Waals surface area (Å²) < 4.78 is 0. The maximum atomic E-state index is 8.92. The van der Waals surface area contributed by atoms with Gasteiger partial charge in [-0.05, 0) is 91.4 Å². The summed E-state index contributed by atoms with van der Waals surface area (Å²) in [7, 11) is 0. The van der Waals surface area contributed by atoms with Crippen molar-refractivity contribution in [1.29, 1.82) is 0 Å². The van der Waals surface area contributed by atoms with Gasteiger partial charge >= 0.3 is 0 Å². The van der Waals surface area contributed by atoms with Gasteiger partial charge in [-0.3, -0.25) is 0 Å². The van der Waals surface area contributed by atoms with Crippen LogP contribution in [0.4, 0.5) is 0 Å². The fourth-order valence-electron chi connectivity index (χ4n) is 7.52. The molecule has 7 atom stereocenters. The summed E-state index contributed by atoms with van der Waals surface area (Å²) in [5.41, 5.74) is 9.84. The van der Waals surface area contributed by atoms with E-state index >= 15 is 0 Å². The predicted octanol–water partition coefficient (Wildman–Crippen LogP) is 6.10. The van der Waals surface area contributed by atoms with E-state index in [2.05, 4.69) is 23.9 Å². The summed E-state index contributed by atoms with van der Waals surface area (Å²) in [5, 5.41) is 4.20. The molecular formula is C19H31N3. The third kappa shape index (κ3) is 1.90. The molecule has 0 aromatic heterocycles. The molecule has 4 rings (SSSR count). The molecule has 2 unspecified atom stereocenters. The van der Waals surface area contributed by atoms with E-state index in [0.29, 0.717) is 10.8 Å². The molecule has 4 saturated carbocycles. The highest BCUT2D eigenvalue weighted by atomic mass is 15.2. The van der Waals surface area contributed by atoms with Crippen LogP contribution < -0.4 is 0 Å². The standard InChI is InChI=1S/C19H31N3/c1-18-11-4-3-5-13(18)6-7-14-15-8-9-17(21-22-20)19(15,2)12-10-16(14)18/h13-17H,3-12H2,1-2H3/t13?,14-,15-,16+,17?,18-,19-/m0/s1. The van der Waals surface area contributed by atoms with Gasteiger partial charge in [-0.25, -0.2) is 0 Å². The lowest BCUT2D eigenvalue weighted by molar-refractivity contribution is -0.105. The fourth-order valence-corrected chi connectivity index (χ4v) is 7.52. The normalized spacial score (nSPS) is 53.8. The molecule has 22 heavy (non-hydrogen) atoms. The summed E-state index contributed by atoms with van der Waals surface area (Å²) in [6.45, 7) is 5.08. The molecule has 4 aliphatic rings. The van der Waals surface area contributed by atoms with Crippen LogP contribution in [0.2, 0.25) is 0 Å². The van der Waals surface area contributed by atoms with E-state index in [0.717, 1.165) is 30.1 Å². The van der Waals surface area contributed by atoms with E-state index in [1.165, 1.54) is 57.8 Å². The highest BCUT2D eigenvalue weighted by molar-refractivity contribution is 5.10. The Hall–Kier alpha value is -0.690. The maximum Gasteiger partial charge on any atom is 0.0430 e. The Labute approximate surface area is 134 Å². The lowest BCUT2D eigenvalue weighted by Crippen LogP contribution is -2.53. The van der Waals surface area contributed by atoms with Crippen molar-refractivity contribution in [2.24, 2.45) is 39.6 Å². The van der Waals surface area contributed by atoms with E-state index in [4.69, 9.17) is 5.53 Å². The first-order valence-corrected chi connectivity index (χ1v) is 9.64. The molecule has 0 N–H and O–H groups in total. The van der Waals surface area contributed by atoms with Gasteiger partial charge in [0.1, 0.15) is 0 Å². The number of hydrogen-bond acceptors (Lipinski definition) is 1. The number of fused-ring (bicyclic) bond motifs is 5. The van der Waals surface area contributed by atoms with Crippen molar-refractivity contribution in [2.75, 3.05) is 0 Å². The second-order valence-electron chi connectivity index (χ2n) is 9.25. The third-order valence-corrected chi connectivity index (χ3v) is 8.72. The summed E-state index contributed by atoms with van der Waals surface area (Å²) >= 11 is 0. The molecule has 122 valence electrons. The summed E-state index contributed by atoms with van der Waals surface area (Å²) in [5.74, 6) is 3.69. The Morgan fingerprint density at radius 3 is 2.50 bits per heavy atom. The van der Waals surface area contributed by atoms with Crippen molar-refractivity contribution in [3.8, 4) is 0 Å². The lowest BCUT2D eigenvalue weighted by atomic mass is 9.45. The molecule has 0 aromatic rings. The van der Waals surface area contributed by atoms with Gasteiger partial charge in [0.05, 0.1) is 0 Å². The smallest absolute Gasteiger partial charge is 0.0430 e. The van der Waals surface area contributed by atoms with Crippen LogP contribution in [0.3, 0.4) is 0 Å². The average Bonchev–Trinajstić information content (AvgIpc) is 2.84. The van der Waals surface area contributed by atoms with Gasteiger partial charge in [-0.2, -0.15) is 0 Å². The van der Waals surface area contributed by atoms with Gasteiger partial charge in [0.25, 0.3) is 0 Å². The van der Waals surface area contributed by atoms with E-state index in [1.807, 2.05) is 0 Å². The van der Waals surface area contributed by atoms with Gasteiger partial charge in [-0.1, -0.05) is 31.8 Å². The Morgan fingerprint density at radius 1 is 0.864 bits per heavy atom. The van der Waals surface area contributed by atoms with Crippen LogP contribution in [0.25, 0.3) is 10.4 Å². The zero-order valence-electron chi connectivity index (χ0n) is 14.3. The van der Waals surface area contributed by atoms with E-state index in [9.17, 15) is 0 Å². The Balaban J connectivity index is 1.63. The largest absolute Gasteiger partial charge is 0.0900 e. The molecule has 0 radical (unpaired) electrons. The summed E-state index contributed by atoms with van der Waals surface area (Å²) in [6, 6.07) is 0.264. The van der Waals surface area contributed by atoms with Gasteiger partial charge in [0.2, 0.25) is 0 Å². The second-order valence-corrected chi connectivity index (χ2v) is 9.25. The van der Waals surface area contributed by atoms with Crippen LogP contribution in [0.5, 0.6) is 0 Å². The van der Waals surface area contributed by atoms with Gasteiger partial charge in [-0.15, -0.1) is 0 Å². The van der Waals surface area contributed by atoms with E-state index in [1.54, 1.807) is 0 Å². The van der Waals surface area contributed by atoms with Crippen molar-refractivity contribution in [1.82, 2.24) is 0 Å². The highest BCUT2D eigenvalue weighted by Crippen LogP contribution is 2.66. The number of hydrogen-bond donors (Lipinski definition) is 0. The zero-order chi connectivity index (χ0) is 15.4. The van der Waals surface area contributed by atoms with Crippen LogP contribution in [-0.2, 0) is 0 Å². The van der Waals surface area contributed by atoms with Crippen LogP contribution >= 0.6 is 0 Å². The molecule has 0 bridgehead atoms. The molecule has 0 spiro atoms. The Morgan fingerprint density at radius 2 is 1.68 bits per heavy atom. The topological polar surface area (TPSA) is 48.8 Å². The van der Waals surface area contributed by atoms with Crippen molar-refractivity contribution in [3.05, 3.63) is 10.4 Å². The van der Waals surface area contributed by atoms with Crippen LogP contribution in [-0.4, -0.2) is 6.04 Å². The molecule has 0 aliphatic heterocycles. The molecule has 0 saturated heterocycles. The first-order valence-electron chi connectivity index (χ1n) is 9.64. The maximum absolute atomic E-state index is 8.92. The van der Waals surface area contributed by atoms with Gasteiger partial charge in [0, 0.05) is 11.0 Å². The lowest BCUT2D eigenvalue weighted by Gasteiger charge is -2.60. The van der Waals surface area contributed by atoms with Gasteiger partial charge in [0.15, 0.2) is 0 Å². The molecule has 3 nitrogen and oxygen atoms in total. The minimum absolute atomic E-state index is 0.264.